The first-order valence-electron chi connectivity index (χ1n) is 8.80. The zero-order valence-electron chi connectivity index (χ0n) is 17.8. The van der Waals surface area contributed by atoms with Gasteiger partial charge >= 0.3 is 5.97 Å². The predicted molar refractivity (Wildman–Crippen MR) is 105 cm³/mol. The molecule has 160 valence electrons. The molecule has 0 aliphatic carbocycles. The molecule has 0 spiro atoms. The highest BCUT2D eigenvalue weighted by atomic mass is 32.2. The molecule has 0 aliphatic heterocycles. The Morgan fingerprint density at radius 1 is 1.04 bits per heavy atom. The van der Waals surface area contributed by atoms with E-state index in [1.807, 2.05) is 0 Å². The molecule has 0 fully saturated rings. The summed E-state index contributed by atoms with van der Waals surface area (Å²) in [5.74, 6) is -0.281. The van der Waals surface area contributed by atoms with Crippen molar-refractivity contribution in [2.45, 2.75) is 63.7 Å². The largest absolute Gasteiger partial charge is 0.497 e. The van der Waals surface area contributed by atoms with E-state index in [9.17, 15) is 13.2 Å². The fourth-order valence-electron chi connectivity index (χ4n) is 2.10. The third kappa shape index (κ3) is 7.65. The Balaban J connectivity index is 3.23. The molecular weight excluding hydrogens is 386 g/mol. The molecule has 0 bridgehead atoms. The van der Waals surface area contributed by atoms with Gasteiger partial charge in [-0.05, 0) is 53.7 Å². The van der Waals surface area contributed by atoms with Gasteiger partial charge in [-0.2, -0.15) is 4.72 Å². The van der Waals surface area contributed by atoms with Crippen LogP contribution in [0, 0.1) is 0 Å². The minimum atomic E-state index is -4.14. The molecule has 0 heterocycles. The van der Waals surface area contributed by atoms with Crippen LogP contribution < -0.4 is 14.2 Å². The first-order valence-corrected chi connectivity index (χ1v) is 10.3. The van der Waals surface area contributed by atoms with Crippen molar-refractivity contribution in [2.24, 2.45) is 0 Å². The zero-order chi connectivity index (χ0) is 21.8. The highest BCUT2D eigenvalue weighted by Crippen LogP contribution is 2.28. The molecule has 0 aromatic heterocycles. The van der Waals surface area contributed by atoms with Crippen LogP contribution in [-0.2, 0) is 24.3 Å². The van der Waals surface area contributed by atoms with E-state index in [4.69, 9.17) is 18.9 Å². The summed E-state index contributed by atoms with van der Waals surface area (Å²) in [6.45, 7) is 10.3. The van der Waals surface area contributed by atoms with Gasteiger partial charge in [0.1, 0.15) is 28.0 Å². The molecule has 1 aromatic carbocycles. The SMILES string of the molecule is COc1ccc(OC)c(S(=O)(=O)NC(COC(C)(C)C)C(=O)OC(C)(C)C)c1. The molecule has 1 unspecified atom stereocenters. The quantitative estimate of drug-likeness (QED) is 0.649. The van der Waals surface area contributed by atoms with Crippen molar-refractivity contribution < 1.29 is 32.2 Å². The number of carbonyl (C=O) groups is 1. The van der Waals surface area contributed by atoms with Gasteiger partial charge in [0.05, 0.1) is 26.4 Å². The normalized spacial score (nSPS) is 13.7. The van der Waals surface area contributed by atoms with E-state index in [1.54, 1.807) is 47.6 Å². The lowest BCUT2D eigenvalue weighted by Gasteiger charge is -2.27. The maximum Gasteiger partial charge on any atom is 0.327 e. The van der Waals surface area contributed by atoms with Crippen LogP contribution in [0.15, 0.2) is 23.1 Å². The van der Waals surface area contributed by atoms with Crippen molar-refractivity contribution in [1.82, 2.24) is 4.72 Å². The van der Waals surface area contributed by atoms with E-state index in [0.717, 1.165) is 0 Å². The fourth-order valence-corrected chi connectivity index (χ4v) is 3.45. The fraction of sp³-hybridized carbons (Fsp3) is 0.632. The lowest BCUT2D eigenvalue weighted by molar-refractivity contribution is -0.159. The molecule has 1 N–H and O–H groups in total. The molecule has 0 radical (unpaired) electrons. The molecule has 0 saturated heterocycles. The van der Waals surface area contributed by atoms with E-state index in [0.29, 0.717) is 5.75 Å². The van der Waals surface area contributed by atoms with Gasteiger partial charge in [-0.15, -0.1) is 0 Å². The lowest BCUT2D eigenvalue weighted by Crippen LogP contribution is -2.48. The maximum absolute atomic E-state index is 13.0. The predicted octanol–water partition coefficient (Wildman–Crippen LogP) is 2.51. The van der Waals surface area contributed by atoms with Gasteiger partial charge in [0.25, 0.3) is 0 Å². The number of benzene rings is 1. The molecule has 1 aromatic rings. The Kier molecular flexibility index (Phi) is 7.87. The summed E-state index contributed by atoms with van der Waals surface area (Å²) >= 11 is 0. The summed E-state index contributed by atoms with van der Waals surface area (Å²) in [5, 5.41) is 0. The van der Waals surface area contributed by atoms with E-state index >= 15 is 0 Å². The Morgan fingerprint density at radius 2 is 1.64 bits per heavy atom. The monoisotopic (exact) mass is 417 g/mol. The highest BCUT2D eigenvalue weighted by Gasteiger charge is 2.32. The van der Waals surface area contributed by atoms with E-state index in [-0.39, 0.29) is 17.3 Å². The minimum absolute atomic E-state index is 0.118. The van der Waals surface area contributed by atoms with Crippen LogP contribution in [-0.4, -0.2) is 52.5 Å². The summed E-state index contributed by atoms with van der Waals surface area (Å²) in [6.07, 6.45) is 0. The first kappa shape index (κ1) is 24.2. The summed E-state index contributed by atoms with van der Waals surface area (Å²) in [5.41, 5.74) is -1.35. The van der Waals surface area contributed by atoms with Crippen molar-refractivity contribution in [3.63, 3.8) is 0 Å². The van der Waals surface area contributed by atoms with Gasteiger partial charge in [-0.25, -0.2) is 8.42 Å². The smallest absolute Gasteiger partial charge is 0.327 e. The van der Waals surface area contributed by atoms with Gasteiger partial charge in [0.15, 0.2) is 0 Å². The number of carbonyl (C=O) groups excluding carboxylic acids is 1. The molecular formula is C19H31NO7S. The van der Waals surface area contributed by atoms with E-state index < -0.39 is 33.2 Å². The standard InChI is InChI=1S/C19H31NO7S/c1-18(2,3)26-12-14(17(21)27-19(4,5)6)20-28(22,23)16-11-13(24-7)9-10-15(16)25-8/h9-11,14,20H,12H2,1-8H3. The second-order valence-electron chi connectivity index (χ2n) is 8.15. The third-order valence-electron chi connectivity index (χ3n) is 3.33. The molecule has 1 rings (SSSR count). The van der Waals surface area contributed by atoms with Gasteiger partial charge in [-0.1, -0.05) is 0 Å². The average molecular weight is 418 g/mol. The van der Waals surface area contributed by atoms with Crippen LogP contribution in [0.2, 0.25) is 0 Å². The Morgan fingerprint density at radius 3 is 2.11 bits per heavy atom. The van der Waals surface area contributed by atoms with Crippen LogP contribution in [0.5, 0.6) is 11.5 Å². The van der Waals surface area contributed by atoms with Gasteiger partial charge < -0.3 is 18.9 Å². The van der Waals surface area contributed by atoms with Crippen LogP contribution in [0.3, 0.4) is 0 Å². The summed E-state index contributed by atoms with van der Waals surface area (Å²) in [4.78, 5) is 12.4. The van der Waals surface area contributed by atoms with E-state index in [2.05, 4.69) is 4.72 Å². The Hall–Kier alpha value is -1.84. The Labute approximate surface area is 167 Å². The number of esters is 1. The average Bonchev–Trinajstić information content (AvgIpc) is 2.55. The Bertz CT molecular complexity index is 776. The number of sulfonamides is 1. The number of nitrogens with one attached hydrogen (secondary N) is 1. The van der Waals surface area contributed by atoms with Crippen LogP contribution in [0.4, 0.5) is 0 Å². The van der Waals surface area contributed by atoms with Crippen LogP contribution >= 0.6 is 0 Å². The van der Waals surface area contributed by atoms with Crippen molar-refractivity contribution in [3.8, 4) is 11.5 Å². The zero-order valence-corrected chi connectivity index (χ0v) is 18.6. The third-order valence-corrected chi connectivity index (χ3v) is 4.82. The van der Waals surface area contributed by atoms with Crippen molar-refractivity contribution >= 4 is 16.0 Å². The summed E-state index contributed by atoms with van der Waals surface area (Å²) in [7, 11) is -1.36. The minimum Gasteiger partial charge on any atom is -0.497 e. The second-order valence-corrected chi connectivity index (χ2v) is 9.83. The molecule has 28 heavy (non-hydrogen) atoms. The van der Waals surface area contributed by atoms with Gasteiger partial charge in [0, 0.05) is 6.07 Å². The number of hydrogen-bond donors (Lipinski definition) is 1. The van der Waals surface area contributed by atoms with E-state index in [1.165, 1.54) is 26.4 Å². The lowest BCUT2D eigenvalue weighted by atomic mass is 10.2. The van der Waals surface area contributed by atoms with Crippen molar-refractivity contribution in [2.75, 3.05) is 20.8 Å². The first-order chi connectivity index (χ1) is 12.7. The number of methoxy groups -OCH3 is 2. The number of rotatable bonds is 8. The van der Waals surface area contributed by atoms with Crippen LogP contribution in [0.25, 0.3) is 0 Å². The molecule has 0 saturated carbocycles. The van der Waals surface area contributed by atoms with Gasteiger partial charge in [-0.3, -0.25) is 4.79 Å². The molecule has 8 nitrogen and oxygen atoms in total. The van der Waals surface area contributed by atoms with Crippen molar-refractivity contribution in [3.05, 3.63) is 18.2 Å². The molecule has 0 aliphatic rings. The molecule has 0 amide bonds. The van der Waals surface area contributed by atoms with Crippen LogP contribution in [0.1, 0.15) is 41.5 Å². The topological polar surface area (TPSA) is 100 Å². The number of hydrogen-bond acceptors (Lipinski definition) is 7. The molecule has 1 atom stereocenters. The van der Waals surface area contributed by atoms with Gasteiger partial charge in [0.2, 0.25) is 10.0 Å². The maximum atomic E-state index is 13.0. The van der Waals surface area contributed by atoms with Crippen molar-refractivity contribution in [1.29, 1.82) is 0 Å². The summed E-state index contributed by atoms with van der Waals surface area (Å²) in [6, 6.07) is 3.13. The summed E-state index contributed by atoms with van der Waals surface area (Å²) < 4.78 is 49.5. The highest BCUT2D eigenvalue weighted by molar-refractivity contribution is 7.89. The second kappa shape index (κ2) is 9.11. The molecule has 9 heteroatoms. The number of ether oxygens (including phenoxy) is 4.